The molecule has 5 nitrogen and oxygen atoms in total. The molecular weight excluding hydrogens is 304 g/mol. The van der Waals surface area contributed by atoms with Crippen LogP contribution in [-0.4, -0.2) is 36.2 Å². The van der Waals surface area contributed by atoms with Gasteiger partial charge in [-0.1, -0.05) is 0 Å². The molecule has 2 aromatic heterocycles. The van der Waals surface area contributed by atoms with Crippen molar-refractivity contribution in [1.82, 2.24) is 9.97 Å². The molecule has 7 heteroatoms. The Balaban J connectivity index is 2.20. The fraction of sp³-hybridized carbons (Fsp3) is 0.214. The summed E-state index contributed by atoms with van der Waals surface area (Å²) >= 11 is 3.12. The molecule has 0 fully saturated rings. The van der Waals surface area contributed by atoms with Gasteiger partial charge in [-0.05, 0) is 18.2 Å². The fourth-order valence-corrected chi connectivity index (χ4v) is 2.97. The number of terminal acetylenes is 1. The molecule has 0 atom stereocenters. The van der Waals surface area contributed by atoms with Gasteiger partial charge in [-0.2, -0.15) is 0 Å². The first kappa shape index (κ1) is 15.4. The molecule has 0 aliphatic heterocycles. The van der Waals surface area contributed by atoms with Crippen LogP contribution in [-0.2, 0) is 0 Å². The molecule has 1 N–H and O–H groups in total. The summed E-state index contributed by atoms with van der Waals surface area (Å²) in [4.78, 5) is 22.2. The molecule has 0 saturated carbocycles. The quantitative estimate of drug-likeness (QED) is 0.693. The first-order valence-electron chi connectivity index (χ1n) is 6.00. The smallest absolute Gasteiger partial charge is 0.258 e. The van der Waals surface area contributed by atoms with Crippen LogP contribution < -0.4 is 10.2 Å². The SMILES string of the molecule is C#Cc1nc(NC(=O)c2csc(SC)c2)ncc1N(C)C. The maximum atomic E-state index is 12.1. The number of carbonyl (C=O) groups excluding carboxylic acids is 1. The molecule has 1 amide bonds. The highest BCUT2D eigenvalue weighted by atomic mass is 32.2. The molecule has 0 aromatic carbocycles. The van der Waals surface area contributed by atoms with E-state index in [0.29, 0.717) is 11.3 Å². The van der Waals surface area contributed by atoms with E-state index in [1.165, 1.54) is 11.3 Å². The zero-order chi connectivity index (χ0) is 15.4. The predicted molar refractivity (Wildman–Crippen MR) is 88.3 cm³/mol. The standard InChI is InChI=1S/C14H14N4OS2/c1-5-10-11(18(2)3)7-15-14(16-10)17-13(19)9-6-12(20-4)21-8-9/h1,6-8H,2-4H3,(H,15,16,17,19). The molecule has 0 spiro atoms. The highest BCUT2D eigenvalue weighted by Crippen LogP contribution is 2.24. The van der Waals surface area contributed by atoms with Crippen LogP contribution in [0.1, 0.15) is 16.1 Å². The summed E-state index contributed by atoms with van der Waals surface area (Å²) in [6.07, 6.45) is 9.00. The number of hydrogen-bond donors (Lipinski definition) is 1. The molecule has 2 heterocycles. The summed E-state index contributed by atoms with van der Waals surface area (Å²) in [5.74, 6) is 2.46. The van der Waals surface area contributed by atoms with Crippen molar-refractivity contribution in [2.45, 2.75) is 4.21 Å². The van der Waals surface area contributed by atoms with E-state index in [1.54, 1.807) is 23.3 Å². The molecule has 108 valence electrons. The van der Waals surface area contributed by atoms with Gasteiger partial charge in [0, 0.05) is 19.5 Å². The van der Waals surface area contributed by atoms with Crippen LogP contribution in [0.4, 0.5) is 11.6 Å². The highest BCUT2D eigenvalue weighted by molar-refractivity contribution is 8.00. The van der Waals surface area contributed by atoms with E-state index in [4.69, 9.17) is 6.42 Å². The molecule has 0 saturated heterocycles. The minimum atomic E-state index is -0.243. The first-order chi connectivity index (χ1) is 10.0. The average molecular weight is 318 g/mol. The number of carbonyl (C=O) groups is 1. The summed E-state index contributed by atoms with van der Waals surface area (Å²) in [5.41, 5.74) is 1.77. The van der Waals surface area contributed by atoms with Gasteiger partial charge in [0.15, 0.2) is 0 Å². The Morgan fingerprint density at radius 2 is 2.29 bits per heavy atom. The van der Waals surface area contributed by atoms with Crippen molar-refractivity contribution < 1.29 is 4.79 Å². The zero-order valence-corrected chi connectivity index (χ0v) is 13.5. The molecule has 0 bridgehead atoms. The molecule has 0 aliphatic carbocycles. The Kier molecular flexibility index (Phi) is 4.83. The Bertz CT molecular complexity index is 703. The second-order valence-corrected chi connectivity index (χ2v) is 6.30. The number of thioether (sulfide) groups is 1. The van der Waals surface area contributed by atoms with Crippen molar-refractivity contribution in [3.63, 3.8) is 0 Å². The van der Waals surface area contributed by atoms with E-state index in [1.807, 2.05) is 31.3 Å². The lowest BCUT2D eigenvalue weighted by Crippen LogP contribution is -2.16. The third kappa shape index (κ3) is 3.54. The summed E-state index contributed by atoms with van der Waals surface area (Å²) in [6, 6.07) is 1.83. The Hall–Kier alpha value is -2.04. The minimum Gasteiger partial charge on any atom is -0.374 e. The lowest BCUT2D eigenvalue weighted by atomic mass is 10.3. The van der Waals surface area contributed by atoms with Crippen molar-refractivity contribution >= 4 is 40.6 Å². The molecule has 0 aliphatic rings. The zero-order valence-electron chi connectivity index (χ0n) is 11.9. The summed E-state index contributed by atoms with van der Waals surface area (Å²) < 4.78 is 1.08. The van der Waals surface area contributed by atoms with E-state index in [2.05, 4.69) is 21.2 Å². The molecule has 2 rings (SSSR count). The van der Waals surface area contributed by atoms with Gasteiger partial charge in [0.25, 0.3) is 5.91 Å². The van der Waals surface area contributed by atoms with E-state index >= 15 is 0 Å². The highest BCUT2D eigenvalue weighted by Gasteiger charge is 2.12. The number of anilines is 2. The Labute approximate surface area is 131 Å². The van der Waals surface area contributed by atoms with Crippen molar-refractivity contribution in [3.8, 4) is 12.3 Å². The van der Waals surface area contributed by atoms with Crippen molar-refractivity contribution in [2.75, 3.05) is 30.6 Å². The third-order valence-electron chi connectivity index (χ3n) is 2.65. The lowest BCUT2D eigenvalue weighted by Gasteiger charge is -2.14. The Morgan fingerprint density at radius 1 is 1.52 bits per heavy atom. The maximum Gasteiger partial charge on any atom is 0.258 e. The van der Waals surface area contributed by atoms with Gasteiger partial charge in [0.2, 0.25) is 5.95 Å². The number of rotatable bonds is 4. The van der Waals surface area contributed by atoms with Gasteiger partial charge in [-0.15, -0.1) is 29.5 Å². The normalized spacial score (nSPS) is 10.0. The van der Waals surface area contributed by atoms with Crippen LogP contribution >= 0.6 is 23.1 Å². The van der Waals surface area contributed by atoms with Crippen LogP contribution in [0.5, 0.6) is 0 Å². The second-order valence-electron chi connectivity index (χ2n) is 4.28. The molecular formula is C14H14N4OS2. The van der Waals surface area contributed by atoms with Crippen molar-refractivity contribution in [2.24, 2.45) is 0 Å². The summed E-state index contributed by atoms with van der Waals surface area (Å²) in [7, 11) is 3.71. The number of hydrogen-bond acceptors (Lipinski definition) is 6. The van der Waals surface area contributed by atoms with Gasteiger partial charge < -0.3 is 4.90 Å². The second kappa shape index (κ2) is 6.61. The molecule has 21 heavy (non-hydrogen) atoms. The third-order valence-corrected chi connectivity index (χ3v) is 4.68. The molecule has 0 unspecified atom stereocenters. The van der Waals surface area contributed by atoms with Gasteiger partial charge >= 0.3 is 0 Å². The van der Waals surface area contributed by atoms with Crippen molar-refractivity contribution in [1.29, 1.82) is 0 Å². The topological polar surface area (TPSA) is 58.1 Å². The largest absolute Gasteiger partial charge is 0.374 e. The van der Waals surface area contributed by atoms with Gasteiger partial charge in [0.05, 0.1) is 21.7 Å². The van der Waals surface area contributed by atoms with E-state index in [9.17, 15) is 4.79 Å². The van der Waals surface area contributed by atoms with Crippen LogP contribution in [0, 0.1) is 12.3 Å². The van der Waals surface area contributed by atoms with E-state index in [-0.39, 0.29) is 11.9 Å². The number of nitrogens with zero attached hydrogens (tertiary/aromatic N) is 3. The van der Waals surface area contributed by atoms with Gasteiger partial charge in [-0.25, -0.2) is 9.97 Å². The molecule has 2 aromatic rings. The molecule has 0 radical (unpaired) electrons. The minimum absolute atomic E-state index is 0.204. The van der Waals surface area contributed by atoms with Gasteiger partial charge in [-0.3, -0.25) is 10.1 Å². The fourth-order valence-electron chi connectivity index (χ4n) is 1.59. The number of thiophene rings is 1. The van der Waals surface area contributed by atoms with Crippen LogP contribution in [0.15, 0.2) is 21.9 Å². The average Bonchev–Trinajstić information content (AvgIpc) is 2.95. The van der Waals surface area contributed by atoms with E-state index in [0.717, 1.165) is 9.90 Å². The number of aromatic nitrogens is 2. The van der Waals surface area contributed by atoms with Crippen molar-refractivity contribution in [3.05, 3.63) is 28.9 Å². The van der Waals surface area contributed by atoms with Gasteiger partial charge in [0.1, 0.15) is 5.69 Å². The van der Waals surface area contributed by atoms with E-state index < -0.39 is 0 Å². The predicted octanol–water partition coefficient (Wildman–Crippen LogP) is 2.56. The van der Waals surface area contributed by atoms with Crippen LogP contribution in [0.2, 0.25) is 0 Å². The lowest BCUT2D eigenvalue weighted by molar-refractivity contribution is 0.102. The monoisotopic (exact) mass is 318 g/mol. The van der Waals surface area contributed by atoms with Crippen LogP contribution in [0.3, 0.4) is 0 Å². The summed E-state index contributed by atoms with van der Waals surface area (Å²) in [5, 5.41) is 4.46. The maximum absolute atomic E-state index is 12.1. The number of nitrogens with one attached hydrogen (secondary N) is 1. The number of amides is 1. The Morgan fingerprint density at radius 3 is 2.86 bits per heavy atom. The summed E-state index contributed by atoms with van der Waals surface area (Å²) in [6.45, 7) is 0. The van der Waals surface area contributed by atoms with Crippen LogP contribution in [0.25, 0.3) is 0 Å². The first-order valence-corrected chi connectivity index (χ1v) is 8.10.